The maximum absolute atomic E-state index is 10.8. The highest BCUT2D eigenvalue weighted by Crippen LogP contribution is 2.34. The van der Waals surface area contributed by atoms with Crippen LogP contribution in [-0.4, -0.2) is 17.1 Å². The van der Waals surface area contributed by atoms with Crippen molar-refractivity contribution in [2.45, 2.75) is 19.4 Å². The van der Waals surface area contributed by atoms with Crippen molar-refractivity contribution in [3.63, 3.8) is 0 Å². The van der Waals surface area contributed by atoms with Gasteiger partial charge in [0.15, 0.2) is 0 Å². The number of carboxylic acids is 1. The lowest BCUT2D eigenvalue weighted by molar-refractivity contribution is -0.137. The monoisotopic (exact) mass is 211 g/mol. The van der Waals surface area contributed by atoms with Crippen molar-refractivity contribution in [1.29, 1.82) is 0 Å². The highest BCUT2D eigenvalue weighted by Gasteiger charge is 2.28. The van der Waals surface area contributed by atoms with Gasteiger partial charge in [-0.15, -0.1) is 0 Å². The molecule has 0 saturated heterocycles. The summed E-state index contributed by atoms with van der Waals surface area (Å²) in [5.41, 5.74) is 2.83. The Kier molecular flexibility index (Phi) is 2.11. The predicted molar refractivity (Wildman–Crippen MR) is 54.9 cm³/mol. The lowest BCUT2D eigenvalue weighted by atomic mass is 10.1. The summed E-state index contributed by atoms with van der Waals surface area (Å²) in [6.45, 7) is 1.94. The van der Waals surface area contributed by atoms with Crippen LogP contribution >= 0.6 is 11.6 Å². The number of aliphatic carboxylic acids is 1. The van der Waals surface area contributed by atoms with Crippen LogP contribution in [0.5, 0.6) is 0 Å². The summed E-state index contributed by atoms with van der Waals surface area (Å²) in [5.74, 6) is -0.836. The van der Waals surface area contributed by atoms with Gasteiger partial charge in [0.2, 0.25) is 0 Å². The number of fused-ring (bicyclic) bond motifs is 1. The summed E-state index contributed by atoms with van der Waals surface area (Å²) in [6.07, 6.45) is 0.463. The van der Waals surface area contributed by atoms with Gasteiger partial charge >= 0.3 is 5.97 Å². The molecule has 14 heavy (non-hydrogen) atoms. The second-order valence-corrected chi connectivity index (χ2v) is 3.86. The van der Waals surface area contributed by atoms with Crippen LogP contribution in [0, 0.1) is 6.92 Å². The first-order valence-corrected chi connectivity index (χ1v) is 4.74. The summed E-state index contributed by atoms with van der Waals surface area (Å²) in [4.78, 5) is 10.8. The van der Waals surface area contributed by atoms with E-state index in [0.717, 1.165) is 16.8 Å². The Labute approximate surface area is 86.7 Å². The van der Waals surface area contributed by atoms with Gasteiger partial charge in [-0.1, -0.05) is 17.7 Å². The largest absolute Gasteiger partial charge is 0.480 e. The van der Waals surface area contributed by atoms with Crippen LogP contribution in [0.25, 0.3) is 0 Å². The smallest absolute Gasteiger partial charge is 0.326 e. The van der Waals surface area contributed by atoms with Gasteiger partial charge in [0.1, 0.15) is 6.04 Å². The molecule has 0 aromatic heterocycles. The zero-order valence-electron chi connectivity index (χ0n) is 7.67. The first-order chi connectivity index (χ1) is 6.59. The third-order valence-electron chi connectivity index (χ3n) is 2.49. The van der Waals surface area contributed by atoms with Crippen LogP contribution in [0.1, 0.15) is 11.1 Å². The number of anilines is 1. The Bertz CT molecular complexity index is 372. The molecular formula is C10H10ClNO2. The standard InChI is InChI=1S/C10H10ClNO2/c1-5-2-3-7(11)6-4-8(10(13)14)12-9(5)6/h2-3,8,12H,4H2,1H3,(H,13,14). The molecule has 1 aliphatic heterocycles. The molecule has 0 bridgehead atoms. The zero-order valence-corrected chi connectivity index (χ0v) is 8.43. The third kappa shape index (κ3) is 1.34. The first kappa shape index (κ1) is 9.34. The number of nitrogens with one attached hydrogen (secondary N) is 1. The number of carbonyl (C=O) groups is 1. The van der Waals surface area contributed by atoms with Crippen molar-refractivity contribution in [3.8, 4) is 0 Å². The van der Waals surface area contributed by atoms with Crippen LogP contribution in [0.15, 0.2) is 12.1 Å². The topological polar surface area (TPSA) is 49.3 Å². The fourth-order valence-corrected chi connectivity index (χ4v) is 1.95. The second kappa shape index (κ2) is 3.17. The normalized spacial score (nSPS) is 18.9. The van der Waals surface area contributed by atoms with E-state index in [0.29, 0.717) is 11.4 Å². The summed E-state index contributed by atoms with van der Waals surface area (Å²) >= 11 is 5.98. The van der Waals surface area contributed by atoms with Crippen LogP contribution in [0.4, 0.5) is 5.69 Å². The molecule has 1 aromatic rings. The van der Waals surface area contributed by atoms with Gasteiger partial charge in [0, 0.05) is 17.1 Å². The van der Waals surface area contributed by atoms with Gasteiger partial charge in [0.25, 0.3) is 0 Å². The first-order valence-electron chi connectivity index (χ1n) is 4.37. The van der Waals surface area contributed by atoms with E-state index >= 15 is 0 Å². The van der Waals surface area contributed by atoms with Crippen LogP contribution in [0.3, 0.4) is 0 Å². The molecule has 2 rings (SSSR count). The molecule has 1 atom stereocenters. The Morgan fingerprint density at radius 1 is 1.64 bits per heavy atom. The molecule has 3 nitrogen and oxygen atoms in total. The number of halogens is 1. The number of carboxylic acid groups (broad SMARTS) is 1. The lowest BCUT2D eigenvalue weighted by Gasteiger charge is -2.06. The summed E-state index contributed by atoms with van der Waals surface area (Å²) in [5, 5.41) is 12.5. The number of aryl methyl sites for hydroxylation is 1. The Hall–Kier alpha value is -1.22. The van der Waals surface area contributed by atoms with E-state index in [1.165, 1.54) is 0 Å². The minimum atomic E-state index is -0.836. The maximum atomic E-state index is 10.8. The van der Waals surface area contributed by atoms with Gasteiger partial charge < -0.3 is 10.4 Å². The number of rotatable bonds is 1. The van der Waals surface area contributed by atoms with Gasteiger partial charge in [-0.3, -0.25) is 0 Å². The quantitative estimate of drug-likeness (QED) is 0.748. The van der Waals surface area contributed by atoms with E-state index in [4.69, 9.17) is 16.7 Å². The van der Waals surface area contributed by atoms with Gasteiger partial charge in [-0.25, -0.2) is 4.79 Å². The van der Waals surface area contributed by atoms with Crippen LogP contribution in [-0.2, 0) is 11.2 Å². The minimum Gasteiger partial charge on any atom is -0.480 e. The molecule has 1 unspecified atom stereocenters. The molecule has 1 aromatic carbocycles. The van der Waals surface area contributed by atoms with Crippen molar-refractivity contribution in [3.05, 3.63) is 28.3 Å². The molecular weight excluding hydrogens is 202 g/mol. The SMILES string of the molecule is Cc1ccc(Cl)c2c1NC(C(=O)O)C2. The van der Waals surface area contributed by atoms with Crippen molar-refractivity contribution < 1.29 is 9.90 Å². The molecule has 0 aliphatic carbocycles. The lowest BCUT2D eigenvalue weighted by Crippen LogP contribution is -2.26. The zero-order chi connectivity index (χ0) is 10.3. The van der Waals surface area contributed by atoms with Gasteiger partial charge in [-0.2, -0.15) is 0 Å². The average Bonchev–Trinajstić information content (AvgIpc) is 2.57. The van der Waals surface area contributed by atoms with E-state index in [1.54, 1.807) is 0 Å². The molecule has 0 radical (unpaired) electrons. The summed E-state index contributed by atoms with van der Waals surface area (Å²) in [6, 6.07) is 3.16. The Morgan fingerprint density at radius 2 is 2.36 bits per heavy atom. The van der Waals surface area contributed by atoms with E-state index in [9.17, 15) is 4.79 Å². The molecule has 74 valence electrons. The molecule has 0 spiro atoms. The van der Waals surface area contributed by atoms with E-state index < -0.39 is 12.0 Å². The molecule has 0 saturated carbocycles. The fourth-order valence-electron chi connectivity index (χ4n) is 1.72. The van der Waals surface area contributed by atoms with Gasteiger partial charge in [-0.05, 0) is 24.1 Å². The number of hydrogen-bond acceptors (Lipinski definition) is 2. The third-order valence-corrected chi connectivity index (χ3v) is 2.84. The summed E-state index contributed by atoms with van der Waals surface area (Å²) in [7, 11) is 0. The van der Waals surface area contributed by atoms with Gasteiger partial charge in [0.05, 0.1) is 0 Å². The fraction of sp³-hybridized carbons (Fsp3) is 0.300. The minimum absolute atomic E-state index is 0.463. The van der Waals surface area contributed by atoms with E-state index in [2.05, 4.69) is 5.32 Å². The molecule has 0 amide bonds. The molecule has 1 heterocycles. The maximum Gasteiger partial charge on any atom is 0.326 e. The number of benzene rings is 1. The Morgan fingerprint density at radius 3 is 2.93 bits per heavy atom. The van der Waals surface area contributed by atoms with Crippen molar-refractivity contribution in [2.24, 2.45) is 0 Å². The van der Waals surface area contributed by atoms with Crippen molar-refractivity contribution >= 4 is 23.3 Å². The van der Waals surface area contributed by atoms with Crippen LogP contribution < -0.4 is 5.32 Å². The molecule has 2 N–H and O–H groups in total. The van der Waals surface area contributed by atoms with E-state index in [-0.39, 0.29) is 0 Å². The summed E-state index contributed by atoms with van der Waals surface area (Å²) < 4.78 is 0. The van der Waals surface area contributed by atoms with Crippen molar-refractivity contribution in [1.82, 2.24) is 0 Å². The average molecular weight is 212 g/mol. The highest BCUT2D eigenvalue weighted by atomic mass is 35.5. The number of hydrogen-bond donors (Lipinski definition) is 2. The predicted octanol–water partition coefficient (Wildman–Crippen LogP) is 2.07. The molecule has 4 heteroatoms. The van der Waals surface area contributed by atoms with E-state index in [1.807, 2.05) is 19.1 Å². The second-order valence-electron chi connectivity index (χ2n) is 3.46. The molecule has 1 aliphatic rings. The Balaban J connectivity index is 2.43. The van der Waals surface area contributed by atoms with Crippen LogP contribution in [0.2, 0.25) is 5.02 Å². The highest BCUT2D eigenvalue weighted by molar-refractivity contribution is 6.32. The van der Waals surface area contributed by atoms with Crippen molar-refractivity contribution in [2.75, 3.05) is 5.32 Å². The molecule has 0 fully saturated rings.